The molecule has 2 aromatic rings. The highest BCUT2D eigenvalue weighted by Gasteiger charge is 2.44. The number of amides is 1. The van der Waals surface area contributed by atoms with Crippen LogP contribution in [0.2, 0.25) is 0 Å². The zero-order chi connectivity index (χ0) is 15.9. The average Bonchev–Trinajstić information content (AvgIpc) is 2.89. The second kappa shape index (κ2) is 5.10. The van der Waals surface area contributed by atoms with Crippen LogP contribution in [0.1, 0.15) is 12.8 Å². The van der Waals surface area contributed by atoms with E-state index < -0.39 is 27.9 Å². The van der Waals surface area contributed by atoms with Crippen LogP contribution in [0.3, 0.4) is 0 Å². The molecule has 6 nitrogen and oxygen atoms in total. The van der Waals surface area contributed by atoms with Gasteiger partial charge in [0.1, 0.15) is 6.04 Å². The summed E-state index contributed by atoms with van der Waals surface area (Å²) in [5.74, 6) is -1.99. The molecule has 0 spiro atoms. The number of carbonyl (C=O) groups excluding carboxylic acids is 1. The van der Waals surface area contributed by atoms with Crippen molar-refractivity contribution in [3.05, 3.63) is 42.5 Å². The van der Waals surface area contributed by atoms with Gasteiger partial charge in [-0.25, -0.2) is 17.5 Å². The molecular weight excluding hydrogens is 306 g/mol. The normalized spacial score (nSPS) is 18.8. The molecule has 1 fully saturated rings. The first-order valence-corrected chi connectivity index (χ1v) is 8.15. The molecule has 0 bridgehead atoms. The molecule has 1 aliphatic heterocycles. The monoisotopic (exact) mass is 319 g/mol. The molecule has 0 radical (unpaired) electrons. The lowest BCUT2D eigenvalue weighted by Crippen LogP contribution is -2.42. The molecule has 0 unspecified atom stereocenters. The van der Waals surface area contributed by atoms with Crippen molar-refractivity contribution in [3.8, 4) is 0 Å². The van der Waals surface area contributed by atoms with E-state index in [-0.39, 0.29) is 17.7 Å². The molecule has 7 heteroatoms. The lowest BCUT2D eigenvalue weighted by molar-refractivity contribution is -0.143. The summed E-state index contributed by atoms with van der Waals surface area (Å²) in [5, 5.41) is 10.3. The predicted molar refractivity (Wildman–Crippen MR) is 78.6 cm³/mol. The summed E-state index contributed by atoms with van der Waals surface area (Å²) in [7, 11) is -4.21. The SMILES string of the molecule is O=C(O)[C@@H]1CCC(=O)N1S(=O)(=O)c1cccc2ccccc12. The average molecular weight is 319 g/mol. The lowest BCUT2D eigenvalue weighted by atomic mass is 10.1. The molecule has 1 amide bonds. The molecule has 1 N–H and O–H groups in total. The third-order valence-corrected chi connectivity index (χ3v) is 5.62. The smallest absolute Gasteiger partial charge is 0.327 e. The molecule has 0 saturated carbocycles. The number of hydrogen-bond donors (Lipinski definition) is 1. The van der Waals surface area contributed by atoms with E-state index in [1.807, 2.05) is 0 Å². The quantitative estimate of drug-likeness (QED) is 0.928. The van der Waals surface area contributed by atoms with Crippen molar-refractivity contribution in [1.82, 2.24) is 4.31 Å². The van der Waals surface area contributed by atoms with Crippen molar-refractivity contribution < 1.29 is 23.1 Å². The molecule has 1 aliphatic rings. The molecule has 1 heterocycles. The zero-order valence-corrected chi connectivity index (χ0v) is 12.3. The molecule has 0 aromatic heterocycles. The first-order chi connectivity index (χ1) is 10.4. The Morgan fingerprint density at radius 2 is 1.82 bits per heavy atom. The van der Waals surface area contributed by atoms with Crippen molar-refractivity contribution >= 4 is 32.7 Å². The van der Waals surface area contributed by atoms with Crippen LogP contribution in [-0.4, -0.2) is 35.7 Å². The van der Waals surface area contributed by atoms with Crippen LogP contribution in [0.5, 0.6) is 0 Å². The third-order valence-electron chi connectivity index (χ3n) is 3.73. The number of carbonyl (C=O) groups is 2. The van der Waals surface area contributed by atoms with Crippen molar-refractivity contribution in [2.24, 2.45) is 0 Å². The number of sulfonamides is 1. The molecule has 114 valence electrons. The van der Waals surface area contributed by atoms with E-state index in [0.717, 1.165) is 0 Å². The Morgan fingerprint density at radius 1 is 1.14 bits per heavy atom. The summed E-state index contributed by atoms with van der Waals surface area (Å²) in [5.41, 5.74) is 0. The molecule has 1 saturated heterocycles. The van der Waals surface area contributed by atoms with E-state index in [9.17, 15) is 18.0 Å². The van der Waals surface area contributed by atoms with Crippen molar-refractivity contribution in [1.29, 1.82) is 0 Å². The number of benzene rings is 2. The number of carboxylic acid groups (broad SMARTS) is 1. The highest BCUT2D eigenvalue weighted by atomic mass is 32.2. The van der Waals surface area contributed by atoms with E-state index in [0.29, 0.717) is 15.1 Å². The largest absolute Gasteiger partial charge is 0.480 e. The highest BCUT2D eigenvalue weighted by molar-refractivity contribution is 7.90. The van der Waals surface area contributed by atoms with E-state index in [1.165, 1.54) is 6.07 Å². The predicted octanol–water partition coefficient (Wildman–Crippen LogP) is 1.60. The first kappa shape index (κ1) is 14.5. The van der Waals surface area contributed by atoms with E-state index in [4.69, 9.17) is 5.11 Å². The zero-order valence-electron chi connectivity index (χ0n) is 11.5. The Hall–Kier alpha value is -2.41. The lowest BCUT2D eigenvalue weighted by Gasteiger charge is -2.22. The van der Waals surface area contributed by atoms with Crippen LogP contribution in [0.15, 0.2) is 47.4 Å². The number of rotatable bonds is 3. The fraction of sp³-hybridized carbons (Fsp3) is 0.200. The van der Waals surface area contributed by atoms with Gasteiger partial charge in [0.25, 0.3) is 10.0 Å². The van der Waals surface area contributed by atoms with Gasteiger partial charge in [0.05, 0.1) is 4.90 Å². The minimum atomic E-state index is -4.21. The van der Waals surface area contributed by atoms with Gasteiger partial charge in [0.2, 0.25) is 5.91 Å². The molecule has 1 atom stereocenters. The Balaban J connectivity index is 2.20. The maximum absolute atomic E-state index is 12.8. The summed E-state index contributed by atoms with van der Waals surface area (Å²) < 4.78 is 26.1. The van der Waals surface area contributed by atoms with E-state index >= 15 is 0 Å². The van der Waals surface area contributed by atoms with Gasteiger partial charge in [0.15, 0.2) is 0 Å². The van der Waals surface area contributed by atoms with Crippen LogP contribution in [0.4, 0.5) is 0 Å². The third kappa shape index (κ3) is 2.14. The summed E-state index contributed by atoms with van der Waals surface area (Å²) in [6.07, 6.45) is -0.0842. The summed E-state index contributed by atoms with van der Waals surface area (Å²) in [6, 6.07) is 10.3. The molecule has 0 aliphatic carbocycles. The Kier molecular flexibility index (Phi) is 3.37. The highest BCUT2D eigenvalue weighted by Crippen LogP contribution is 2.31. The maximum atomic E-state index is 12.8. The van der Waals surface area contributed by atoms with Gasteiger partial charge in [-0.15, -0.1) is 0 Å². The fourth-order valence-corrected chi connectivity index (χ4v) is 4.53. The first-order valence-electron chi connectivity index (χ1n) is 6.71. The topological polar surface area (TPSA) is 91.8 Å². The van der Waals surface area contributed by atoms with Gasteiger partial charge in [-0.2, -0.15) is 0 Å². The van der Waals surface area contributed by atoms with Crippen molar-refractivity contribution in [2.45, 2.75) is 23.8 Å². The fourth-order valence-electron chi connectivity index (χ4n) is 2.71. The van der Waals surface area contributed by atoms with E-state index in [1.54, 1.807) is 36.4 Å². The standard InChI is InChI=1S/C15H13NO5S/c17-14-9-8-12(15(18)19)16(14)22(20,21)13-7-3-5-10-4-1-2-6-11(10)13/h1-7,12H,8-9H2,(H,18,19)/t12-/m0/s1. The summed E-state index contributed by atoms with van der Waals surface area (Å²) in [4.78, 5) is 23.1. The number of aliphatic carboxylic acids is 1. The number of fused-ring (bicyclic) bond motifs is 1. The van der Waals surface area contributed by atoms with Gasteiger partial charge < -0.3 is 5.11 Å². The van der Waals surface area contributed by atoms with Crippen molar-refractivity contribution in [3.63, 3.8) is 0 Å². The van der Waals surface area contributed by atoms with Gasteiger partial charge >= 0.3 is 5.97 Å². The Morgan fingerprint density at radius 3 is 2.55 bits per heavy atom. The number of nitrogens with zero attached hydrogens (tertiary/aromatic N) is 1. The molecule has 2 aromatic carbocycles. The Labute approximate surface area is 127 Å². The Bertz CT molecular complexity index is 869. The van der Waals surface area contributed by atoms with Crippen LogP contribution in [-0.2, 0) is 19.6 Å². The second-order valence-corrected chi connectivity index (χ2v) is 6.85. The van der Waals surface area contributed by atoms with Crippen LogP contribution in [0, 0.1) is 0 Å². The van der Waals surface area contributed by atoms with Crippen molar-refractivity contribution in [2.75, 3.05) is 0 Å². The van der Waals surface area contributed by atoms with Gasteiger partial charge in [-0.05, 0) is 17.9 Å². The summed E-state index contributed by atoms with van der Waals surface area (Å²) >= 11 is 0. The summed E-state index contributed by atoms with van der Waals surface area (Å²) in [6.45, 7) is 0. The van der Waals surface area contributed by atoms with Gasteiger partial charge in [-0.1, -0.05) is 36.4 Å². The molecule has 3 rings (SSSR count). The maximum Gasteiger partial charge on any atom is 0.327 e. The minimum Gasteiger partial charge on any atom is -0.480 e. The van der Waals surface area contributed by atoms with Gasteiger partial charge in [-0.3, -0.25) is 4.79 Å². The van der Waals surface area contributed by atoms with Crippen LogP contribution in [0.25, 0.3) is 10.8 Å². The number of carboxylic acids is 1. The molecule has 22 heavy (non-hydrogen) atoms. The van der Waals surface area contributed by atoms with Crippen LogP contribution < -0.4 is 0 Å². The van der Waals surface area contributed by atoms with E-state index in [2.05, 4.69) is 0 Å². The van der Waals surface area contributed by atoms with Gasteiger partial charge in [0, 0.05) is 11.8 Å². The van der Waals surface area contributed by atoms with Crippen LogP contribution >= 0.6 is 0 Å². The second-order valence-electron chi connectivity index (χ2n) is 5.06. The number of hydrogen-bond acceptors (Lipinski definition) is 4. The minimum absolute atomic E-state index is 0.00182. The molecular formula is C15H13NO5S.